The first-order chi connectivity index (χ1) is 20.8. The monoisotopic (exact) mass is 614 g/mol. The maximum Gasteiger partial charge on any atom is 0.416 e. The minimum Gasteiger partial charge on any atom is -0.376 e. The second kappa shape index (κ2) is 11.1. The molecule has 0 saturated carbocycles. The van der Waals surface area contributed by atoms with Gasteiger partial charge in [0, 0.05) is 30.7 Å². The molecule has 230 valence electrons. The zero-order chi connectivity index (χ0) is 31.4. The molecule has 2 bridgehead atoms. The van der Waals surface area contributed by atoms with Crippen molar-refractivity contribution in [2.45, 2.75) is 43.8 Å². The summed E-state index contributed by atoms with van der Waals surface area (Å²) >= 11 is 0. The van der Waals surface area contributed by atoms with Crippen molar-refractivity contribution in [1.29, 1.82) is 0 Å². The first-order valence-corrected chi connectivity index (χ1v) is 14.2. The summed E-state index contributed by atoms with van der Waals surface area (Å²) in [6.45, 7) is 5.08. The third-order valence-corrected chi connectivity index (χ3v) is 8.88. The molecule has 7 rings (SSSR count). The molecule has 3 aliphatic heterocycles. The lowest BCUT2D eigenvalue weighted by molar-refractivity contribution is -0.143. The molecule has 3 fully saturated rings. The first kappa shape index (κ1) is 29.9. The number of fused-ring (bicyclic) bond motifs is 4. The van der Waals surface area contributed by atoms with Crippen LogP contribution in [-0.2, 0) is 18.9 Å². The number of alkyl halides is 6. The van der Waals surface area contributed by atoms with Crippen LogP contribution in [0.5, 0.6) is 0 Å². The van der Waals surface area contributed by atoms with Crippen molar-refractivity contribution < 1.29 is 26.3 Å². The fourth-order valence-corrected chi connectivity index (χ4v) is 6.66. The Balaban J connectivity index is 1.34. The number of nitrogens with one attached hydrogen (secondary N) is 2. The van der Waals surface area contributed by atoms with E-state index in [1.165, 1.54) is 0 Å². The number of pyridine rings is 1. The Labute approximate surface area is 248 Å². The summed E-state index contributed by atoms with van der Waals surface area (Å²) in [6.07, 6.45) is -4.58. The number of benzene rings is 2. The Morgan fingerprint density at radius 1 is 0.977 bits per heavy atom. The van der Waals surface area contributed by atoms with Crippen LogP contribution in [0.4, 0.5) is 37.7 Å². The van der Waals surface area contributed by atoms with Gasteiger partial charge in [0.2, 0.25) is 0 Å². The van der Waals surface area contributed by atoms with Gasteiger partial charge in [-0.1, -0.05) is 24.3 Å². The molecule has 3 aliphatic rings. The SMILES string of the molecule is C=C[C@H]1CN2CC[C@H]1C[C@@H]2[C@@H](Nc1c(NCc2cc(C(F)(F)F)cc(C(F)(F)F)c2)c(=O)c1=O)c1ccnc2ccccc12. The minimum atomic E-state index is -5.01. The number of piperidine rings is 3. The van der Waals surface area contributed by atoms with Crippen molar-refractivity contribution in [3.05, 3.63) is 110 Å². The third-order valence-electron chi connectivity index (χ3n) is 8.88. The number of para-hydroxylation sites is 1. The highest BCUT2D eigenvalue weighted by molar-refractivity contribution is 5.83. The summed E-state index contributed by atoms with van der Waals surface area (Å²) in [4.78, 5) is 32.3. The highest BCUT2D eigenvalue weighted by Crippen LogP contribution is 2.43. The summed E-state index contributed by atoms with van der Waals surface area (Å²) < 4.78 is 80.2. The second-order valence-electron chi connectivity index (χ2n) is 11.5. The topological polar surface area (TPSA) is 74.3 Å². The highest BCUT2D eigenvalue weighted by atomic mass is 19.4. The molecule has 12 heteroatoms. The fourth-order valence-electron chi connectivity index (χ4n) is 6.66. The summed E-state index contributed by atoms with van der Waals surface area (Å²) in [5, 5.41) is 6.78. The van der Waals surface area contributed by atoms with Gasteiger partial charge in [-0.05, 0) is 72.7 Å². The minimum absolute atomic E-state index is 0.0432. The second-order valence-corrected chi connectivity index (χ2v) is 11.5. The Bertz CT molecular complexity index is 1760. The average molecular weight is 615 g/mol. The van der Waals surface area contributed by atoms with Gasteiger partial charge >= 0.3 is 12.4 Å². The van der Waals surface area contributed by atoms with Crippen molar-refractivity contribution in [2.75, 3.05) is 23.7 Å². The van der Waals surface area contributed by atoms with Gasteiger partial charge < -0.3 is 10.6 Å². The number of anilines is 2. The van der Waals surface area contributed by atoms with Crippen molar-refractivity contribution in [3.8, 4) is 0 Å². The zero-order valence-corrected chi connectivity index (χ0v) is 23.3. The number of rotatable bonds is 8. The van der Waals surface area contributed by atoms with E-state index in [9.17, 15) is 35.9 Å². The lowest BCUT2D eigenvalue weighted by atomic mass is 9.73. The van der Waals surface area contributed by atoms with Gasteiger partial charge in [-0.25, -0.2) is 0 Å². The van der Waals surface area contributed by atoms with Crippen molar-refractivity contribution in [3.63, 3.8) is 0 Å². The van der Waals surface area contributed by atoms with Gasteiger partial charge in [-0.15, -0.1) is 6.58 Å². The van der Waals surface area contributed by atoms with Crippen LogP contribution in [0.1, 0.15) is 41.1 Å². The van der Waals surface area contributed by atoms with Gasteiger partial charge in [0.25, 0.3) is 10.9 Å². The Hall–Kier alpha value is -4.19. The summed E-state index contributed by atoms with van der Waals surface area (Å²) in [6, 6.07) is 10.1. The van der Waals surface area contributed by atoms with Crippen molar-refractivity contribution in [2.24, 2.45) is 11.8 Å². The number of hydrogen-bond acceptors (Lipinski definition) is 6. The lowest BCUT2D eigenvalue weighted by Gasteiger charge is -2.52. The van der Waals surface area contributed by atoms with E-state index >= 15 is 0 Å². The maximum absolute atomic E-state index is 13.4. The van der Waals surface area contributed by atoms with Gasteiger partial charge in [-0.3, -0.25) is 19.5 Å². The molecule has 0 amide bonds. The Kier molecular flexibility index (Phi) is 7.51. The lowest BCUT2D eigenvalue weighted by Crippen LogP contribution is -2.56. The molecule has 5 atom stereocenters. The molecule has 0 radical (unpaired) electrons. The van der Waals surface area contributed by atoms with Gasteiger partial charge in [0.05, 0.1) is 22.7 Å². The first-order valence-electron chi connectivity index (χ1n) is 14.2. The predicted octanol–water partition coefficient (Wildman–Crippen LogP) is 6.53. The average Bonchev–Trinajstić information content (AvgIpc) is 3.01. The van der Waals surface area contributed by atoms with Gasteiger partial charge in [-0.2, -0.15) is 26.3 Å². The molecule has 2 N–H and O–H groups in total. The van der Waals surface area contributed by atoms with Gasteiger partial charge in [0.1, 0.15) is 11.4 Å². The van der Waals surface area contributed by atoms with Crippen LogP contribution in [0, 0.1) is 11.8 Å². The number of nitrogens with zero attached hydrogens (tertiary/aromatic N) is 2. The largest absolute Gasteiger partial charge is 0.416 e. The van der Waals surface area contributed by atoms with Crippen LogP contribution in [0.15, 0.2) is 77.0 Å². The third kappa shape index (κ3) is 5.47. The normalized spacial score (nSPS) is 22.7. The molecule has 0 aliphatic carbocycles. The van der Waals surface area contributed by atoms with Crippen LogP contribution in [0.2, 0.25) is 0 Å². The van der Waals surface area contributed by atoms with Crippen LogP contribution in [0.3, 0.4) is 0 Å². The molecule has 1 unspecified atom stereocenters. The molecule has 1 aromatic heterocycles. The number of aromatic nitrogens is 1. The molecule has 0 spiro atoms. The van der Waals surface area contributed by atoms with E-state index in [-0.39, 0.29) is 29.0 Å². The number of halogens is 6. The Morgan fingerprint density at radius 3 is 2.30 bits per heavy atom. The van der Waals surface area contributed by atoms with Crippen LogP contribution < -0.4 is 21.5 Å². The summed E-state index contributed by atoms with van der Waals surface area (Å²) in [5.74, 6) is 0.709. The van der Waals surface area contributed by atoms with E-state index in [2.05, 4.69) is 27.1 Å². The molecular formula is C32H28F6N4O2. The smallest absolute Gasteiger partial charge is 0.376 e. The Morgan fingerprint density at radius 2 is 1.66 bits per heavy atom. The van der Waals surface area contributed by atoms with Crippen LogP contribution in [-0.4, -0.2) is 29.0 Å². The van der Waals surface area contributed by atoms with Crippen molar-refractivity contribution in [1.82, 2.24) is 9.88 Å². The zero-order valence-electron chi connectivity index (χ0n) is 23.3. The molecule has 3 aromatic carbocycles. The quantitative estimate of drug-likeness (QED) is 0.134. The molecule has 6 nitrogen and oxygen atoms in total. The fraction of sp³-hybridized carbons (Fsp3) is 0.344. The summed E-state index contributed by atoms with van der Waals surface area (Å²) in [7, 11) is 0. The highest BCUT2D eigenvalue weighted by Gasteiger charge is 2.44. The molecule has 44 heavy (non-hydrogen) atoms. The number of hydrogen-bond donors (Lipinski definition) is 2. The van der Waals surface area contributed by atoms with Crippen LogP contribution in [0.25, 0.3) is 10.9 Å². The van der Waals surface area contributed by atoms with E-state index in [1.54, 1.807) is 6.20 Å². The molecule has 3 saturated heterocycles. The van der Waals surface area contributed by atoms with Crippen molar-refractivity contribution >= 4 is 22.3 Å². The van der Waals surface area contributed by atoms with Crippen LogP contribution >= 0.6 is 0 Å². The van der Waals surface area contributed by atoms with E-state index in [0.717, 1.165) is 42.4 Å². The van der Waals surface area contributed by atoms with E-state index in [4.69, 9.17) is 0 Å². The summed E-state index contributed by atoms with van der Waals surface area (Å²) in [5.41, 5.74) is -3.60. The predicted molar refractivity (Wildman–Crippen MR) is 155 cm³/mol. The van der Waals surface area contributed by atoms with E-state index < -0.39 is 46.9 Å². The maximum atomic E-state index is 13.4. The molecule has 4 heterocycles. The van der Waals surface area contributed by atoms with Gasteiger partial charge in [0.15, 0.2) is 0 Å². The van der Waals surface area contributed by atoms with E-state index in [1.807, 2.05) is 36.4 Å². The molecule has 4 aromatic rings. The van der Waals surface area contributed by atoms with E-state index in [0.29, 0.717) is 24.0 Å². The molecular weight excluding hydrogens is 586 g/mol. The standard InChI is InChI=1S/C32H28F6N4O2/c1-2-18-16-42-10-8-19(18)13-25(42)26(23-7-9-39-24-6-4-3-5-22(23)24)41-28-27(29(43)30(28)44)40-15-17-11-20(31(33,34)35)14-21(12-17)32(36,37)38/h2-7,9,11-12,14,18-19,25-26,40-41H,1,8,10,13,15-16H2/t18-,19-,25+,26-/m0/s1.